The Balaban J connectivity index is 1.51. The van der Waals surface area contributed by atoms with Crippen LogP contribution in [-0.2, 0) is 21.2 Å². The summed E-state index contributed by atoms with van der Waals surface area (Å²) in [7, 11) is -1.41. The highest BCUT2D eigenvalue weighted by Crippen LogP contribution is 2.39. The highest BCUT2D eigenvalue weighted by Gasteiger charge is 2.48. The second-order valence-corrected chi connectivity index (χ2v) is 11.6. The molecule has 8 heteroatoms. The van der Waals surface area contributed by atoms with Crippen LogP contribution in [-0.4, -0.2) is 54.3 Å². The summed E-state index contributed by atoms with van der Waals surface area (Å²) in [5.74, 6) is 1.46. The smallest absolute Gasteiger partial charge is 0.248 e. The fourth-order valence-electron chi connectivity index (χ4n) is 4.54. The van der Waals surface area contributed by atoms with Crippen LogP contribution in [0, 0.1) is 5.92 Å². The molecule has 1 aromatic carbocycles. The van der Waals surface area contributed by atoms with Crippen LogP contribution < -0.4 is 4.74 Å². The Bertz CT molecular complexity index is 876. The van der Waals surface area contributed by atoms with Crippen molar-refractivity contribution in [2.75, 3.05) is 18.6 Å². The molecule has 4 rings (SSSR count). The molecule has 1 amide bonds. The van der Waals surface area contributed by atoms with Crippen LogP contribution >= 0.6 is 11.8 Å². The van der Waals surface area contributed by atoms with E-state index in [9.17, 15) is 13.2 Å². The number of benzene rings is 1. The first-order valence-corrected chi connectivity index (χ1v) is 13.0. The van der Waals surface area contributed by atoms with Crippen LogP contribution in [0.3, 0.4) is 0 Å². The van der Waals surface area contributed by atoms with Gasteiger partial charge in [0.05, 0.1) is 24.7 Å². The number of amides is 1. The molecule has 2 atom stereocenters. The molecule has 29 heavy (non-hydrogen) atoms. The number of carbonyl (C=O) groups is 1. The van der Waals surface area contributed by atoms with Crippen LogP contribution in [0.1, 0.15) is 44.1 Å². The van der Waals surface area contributed by atoms with E-state index in [0.29, 0.717) is 24.1 Å². The average Bonchev–Trinajstić information content (AvgIpc) is 3.15. The van der Waals surface area contributed by atoms with Crippen LogP contribution in [0.5, 0.6) is 5.75 Å². The maximum Gasteiger partial charge on any atom is 0.248 e. The summed E-state index contributed by atoms with van der Waals surface area (Å²) in [4.78, 5) is 19.1. The number of nitrogens with zero attached hydrogens (tertiary/aromatic N) is 2. The Kier molecular flexibility index (Phi) is 6.20. The summed E-state index contributed by atoms with van der Waals surface area (Å²) >= 11 is 1.46. The van der Waals surface area contributed by atoms with E-state index < -0.39 is 9.84 Å². The van der Waals surface area contributed by atoms with Crippen molar-refractivity contribution in [3.8, 4) is 5.75 Å². The SMILES string of the molecule is COc1ccc(CN2C(=NC(=O)CC3CCCCC3)SC3CS(=O)(=O)CC32)cc1. The van der Waals surface area contributed by atoms with Gasteiger partial charge in [0.15, 0.2) is 15.0 Å². The number of thioether (sulfide) groups is 1. The van der Waals surface area contributed by atoms with E-state index in [1.54, 1.807) is 7.11 Å². The summed E-state index contributed by atoms with van der Waals surface area (Å²) < 4.78 is 29.5. The van der Waals surface area contributed by atoms with E-state index in [1.165, 1.54) is 31.0 Å². The van der Waals surface area contributed by atoms with E-state index in [4.69, 9.17) is 4.74 Å². The van der Waals surface area contributed by atoms with E-state index in [0.717, 1.165) is 24.2 Å². The second-order valence-electron chi connectivity index (χ2n) is 8.27. The van der Waals surface area contributed by atoms with Crippen molar-refractivity contribution in [3.05, 3.63) is 29.8 Å². The van der Waals surface area contributed by atoms with Crippen molar-refractivity contribution < 1.29 is 17.9 Å². The average molecular weight is 437 g/mol. The first-order valence-electron chi connectivity index (χ1n) is 10.3. The van der Waals surface area contributed by atoms with Gasteiger partial charge in [-0.2, -0.15) is 4.99 Å². The number of rotatable bonds is 5. The summed E-state index contributed by atoms with van der Waals surface area (Å²) in [6.45, 7) is 0.545. The largest absolute Gasteiger partial charge is 0.497 e. The van der Waals surface area contributed by atoms with Gasteiger partial charge in [-0.25, -0.2) is 8.42 Å². The van der Waals surface area contributed by atoms with Crippen LogP contribution in [0.2, 0.25) is 0 Å². The van der Waals surface area contributed by atoms with E-state index >= 15 is 0 Å². The van der Waals surface area contributed by atoms with E-state index in [2.05, 4.69) is 4.99 Å². The number of hydrogen-bond donors (Lipinski definition) is 0. The highest BCUT2D eigenvalue weighted by molar-refractivity contribution is 8.15. The van der Waals surface area contributed by atoms with Gasteiger partial charge in [-0.15, -0.1) is 0 Å². The van der Waals surface area contributed by atoms with Crippen molar-refractivity contribution >= 4 is 32.7 Å². The van der Waals surface area contributed by atoms with Crippen molar-refractivity contribution in [2.45, 2.75) is 56.4 Å². The Morgan fingerprint density at radius 3 is 2.59 bits per heavy atom. The maximum atomic E-state index is 12.6. The summed E-state index contributed by atoms with van der Waals surface area (Å²) in [5.41, 5.74) is 1.05. The molecule has 0 spiro atoms. The molecule has 2 unspecified atom stereocenters. The maximum absolute atomic E-state index is 12.6. The number of hydrogen-bond acceptors (Lipinski definition) is 5. The third-order valence-corrected chi connectivity index (χ3v) is 9.34. The normalized spacial score (nSPS) is 27.9. The molecule has 3 fully saturated rings. The minimum absolute atomic E-state index is 0.0421. The number of amidine groups is 1. The van der Waals surface area contributed by atoms with Gasteiger partial charge >= 0.3 is 0 Å². The monoisotopic (exact) mass is 436 g/mol. The third-order valence-electron chi connectivity index (χ3n) is 6.10. The number of methoxy groups -OCH3 is 1. The number of aliphatic imine (C=N–C) groups is 1. The van der Waals surface area contributed by atoms with E-state index in [-0.39, 0.29) is 28.7 Å². The van der Waals surface area contributed by atoms with Gasteiger partial charge in [0.1, 0.15) is 5.75 Å². The van der Waals surface area contributed by atoms with Crippen molar-refractivity contribution in [2.24, 2.45) is 10.9 Å². The zero-order chi connectivity index (χ0) is 20.4. The van der Waals surface area contributed by atoms with Gasteiger partial charge in [0.25, 0.3) is 0 Å². The number of ether oxygens (including phenoxy) is 1. The molecule has 0 radical (unpaired) electrons. The fraction of sp³-hybridized carbons (Fsp3) is 0.619. The topological polar surface area (TPSA) is 76.0 Å². The molecule has 2 aliphatic heterocycles. The van der Waals surface area contributed by atoms with Crippen LogP contribution in [0.25, 0.3) is 0 Å². The third kappa shape index (κ3) is 4.97. The molecular weight excluding hydrogens is 408 g/mol. The predicted octanol–water partition coefficient (Wildman–Crippen LogP) is 3.26. The molecule has 0 aromatic heterocycles. The highest BCUT2D eigenvalue weighted by atomic mass is 32.2. The molecule has 1 aromatic rings. The quantitative estimate of drug-likeness (QED) is 0.705. The molecule has 2 heterocycles. The number of fused-ring (bicyclic) bond motifs is 1. The Hall–Kier alpha value is -1.54. The predicted molar refractivity (Wildman–Crippen MR) is 116 cm³/mol. The molecule has 0 N–H and O–H groups in total. The van der Waals surface area contributed by atoms with Crippen molar-refractivity contribution in [1.82, 2.24) is 4.90 Å². The standard InChI is InChI=1S/C21H28N2O4S2/c1-27-17-9-7-16(8-10-17)12-23-18-13-29(25,26)14-19(18)28-21(23)22-20(24)11-15-5-3-2-4-6-15/h7-10,15,18-19H,2-6,11-14H2,1H3. The van der Waals surface area contributed by atoms with Gasteiger partial charge in [0, 0.05) is 18.2 Å². The first-order chi connectivity index (χ1) is 13.9. The van der Waals surface area contributed by atoms with E-state index in [1.807, 2.05) is 29.2 Å². The first kappa shape index (κ1) is 20.7. The molecule has 3 aliphatic rings. The molecule has 158 valence electrons. The zero-order valence-corrected chi connectivity index (χ0v) is 18.4. The molecule has 6 nitrogen and oxygen atoms in total. The van der Waals surface area contributed by atoms with Gasteiger partial charge in [-0.3, -0.25) is 4.79 Å². The molecule has 0 bridgehead atoms. The summed E-state index contributed by atoms with van der Waals surface area (Å²) in [5, 5.41) is 0.644. The minimum atomic E-state index is -3.04. The minimum Gasteiger partial charge on any atom is -0.497 e. The molecule has 1 aliphatic carbocycles. The van der Waals surface area contributed by atoms with Gasteiger partial charge in [0.2, 0.25) is 5.91 Å². The second kappa shape index (κ2) is 8.68. The Morgan fingerprint density at radius 2 is 1.90 bits per heavy atom. The lowest BCUT2D eigenvalue weighted by Crippen LogP contribution is -2.37. The Labute approximate surface area is 177 Å². The fourth-order valence-corrected chi connectivity index (χ4v) is 8.51. The van der Waals surface area contributed by atoms with Crippen LogP contribution in [0.15, 0.2) is 29.3 Å². The number of carbonyl (C=O) groups excluding carboxylic acids is 1. The lowest BCUT2D eigenvalue weighted by atomic mass is 9.87. The van der Waals surface area contributed by atoms with Crippen molar-refractivity contribution in [3.63, 3.8) is 0 Å². The van der Waals surface area contributed by atoms with Gasteiger partial charge in [-0.1, -0.05) is 43.2 Å². The van der Waals surface area contributed by atoms with Gasteiger partial charge in [-0.05, 0) is 36.5 Å². The molecular formula is C21H28N2O4S2. The zero-order valence-electron chi connectivity index (χ0n) is 16.7. The summed E-state index contributed by atoms with van der Waals surface area (Å²) in [6.07, 6.45) is 6.41. The lowest BCUT2D eigenvalue weighted by molar-refractivity contribution is -0.118. The lowest BCUT2D eigenvalue weighted by Gasteiger charge is -2.25. The summed E-state index contributed by atoms with van der Waals surface area (Å²) in [6, 6.07) is 7.62. The van der Waals surface area contributed by atoms with Gasteiger partial charge < -0.3 is 9.64 Å². The Morgan fingerprint density at radius 1 is 1.17 bits per heavy atom. The van der Waals surface area contributed by atoms with Crippen LogP contribution in [0.4, 0.5) is 0 Å². The number of sulfone groups is 1. The molecule has 1 saturated carbocycles. The molecule has 2 saturated heterocycles. The van der Waals surface area contributed by atoms with Crippen molar-refractivity contribution in [1.29, 1.82) is 0 Å².